The first kappa shape index (κ1) is 14.1. The van der Waals surface area contributed by atoms with E-state index in [1.165, 1.54) is 12.0 Å². The smallest absolute Gasteiger partial charge is 0.309 e. The van der Waals surface area contributed by atoms with Gasteiger partial charge in [-0.3, -0.25) is 4.79 Å². The molecule has 4 bridgehead atoms. The fourth-order valence-corrected chi connectivity index (χ4v) is 7.33. The van der Waals surface area contributed by atoms with Gasteiger partial charge in [-0.2, -0.15) is 0 Å². The van der Waals surface area contributed by atoms with E-state index in [9.17, 15) is 9.90 Å². The second-order valence-electron chi connectivity index (χ2n) is 8.30. The highest BCUT2D eigenvalue weighted by molar-refractivity contribution is 6.31. The quantitative estimate of drug-likeness (QED) is 0.639. The number of carboxylic acids is 1. The van der Waals surface area contributed by atoms with Crippen LogP contribution in [0.4, 0.5) is 0 Å². The van der Waals surface area contributed by atoms with Crippen molar-refractivity contribution >= 4 is 17.6 Å². The van der Waals surface area contributed by atoms with Gasteiger partial charge < -0.3 is 5.11 Å². The third-order valence-electron chi connectivity index (χ3n) is 7.71. The zero-order valence-corrected chi connectivity index (χ0v) is 14.0. The molecule has 0 aromatic heterocycles. The molecule has 0 heterocycles. The van der Waals surface area contributed by atoms with Crippen LogP contribution in [0.5, 0.6) is 0 Å². The Hall–Kier alpha value is -1.28. The number of hydrogen-bond donors (Lipinski definition) is 1. The van der Waals surface area contributed by atoms with Crippen molar-refractivity contribution in [1.29, 1.82) is 0 Å². The van der Waals surface area contributed by atoms with E-state index in [2.05, 4.69) is 24.3 Å². The lowest BCUT2D eigenvalue weighted by molar-refractivity contribution is -0.154. The van der Waals surface area contributed by atoms with Gasteiger partial charge in [-0.15, -0.1) is 0 Å². The molecule has 3 saturated carbocycles. The Balaban J connectivity index is 1.72. The molecule has 5 rings (SSSR count). The van der Waals surface area contributed by atoms with E-state index in [1.807, 2.05) is 19.1 Å². The topological polar surface area (TPSA) is 37.3 Å². The predicted molar refractivity (Wildman–Crippen MR) is 89.3 cm³/mol. The molecule has 1 aromatic rings. The van der Waals surface area contributed by atoms with Crippen molar-refractivity contribution in [3.63, 3.8) is 0 Å². The Kier molecular flexibility index (Phi) is 2.58. The maximum Gasteiger partial charge on any atom is 0.309 e. The van der Waals surface area contributed by atoms with Gasteiger partial charge in [-0.1, -0.05) is 42.0 Å². The molecule has 3 fully saturated rings. The average Bonchev–Trinajstić information content (AvgIpc) is 3.24. The summed E-state index contributed by atoms with van der Waals surface area (Å²) in [7, 11) is 0. The first-order valence-corrected chi connectivity index (χ1v) is 9.04. The SMILES string of the molecule is CC1(C(=O)O)CC2CC1C1C3C=CC(C3)C21c1ccccc1Cl. The standard InChI is InChI=1S/C20H21ClO2/c1-19(18(22)23)10-13-9-15(19)17-11-6-7-12(8-11)20(13,17)14-4-2-3-5-16(14)21/h2-7,11-13,15,17H,8-10H2,1H3,(H,22,23). The molecule has 0 spiro atoms. The number of carboxylic acid groups (broad SMARTS) is 1. The van der Waals surface area contributed by atoms with Crippen LogP contribution >= 0.6 is 11.6 Å². The molecule has 23 heavy (non-hydrogen) atoms. The summed E-state index contributed by atoms with van der Waals surface area (Å²) >= 11 is 6.63. The maximum atomic E-state index is 12.0. The number of aliphatic carboxylic acids is 1. The van der Waals surface area contributed by atoms with Crippen LogP contribution in [0.2, 0.25) is 5.02 Å². The Labute approximate surface area is 141 Å². The van der Waals surface area contributed by atoms with E-state index in [0.29, 0.717) is 23.7 Å². The van der Waals surface area contributed by atoms with Gasteiger partial charge in [-0.05, 0) is 67.4 Å². The Morgan fingerprint density at radius 1 is 1.26 bits per heavy atom. The minimum Gasteiger partial charge on any atom is -0.481 e. The van der Waals surface area contributed by atoms with Gasteiger partial charge >= 0.3 is 5.97 Å². The molecule has 1 aromatic carbocycles. The highest BCUT2D eigenvalue weighted by Gasteiger charge is 2.74. The highest BCUT2D eigenvalue weighted by atomic mass is 35.5. The van der Waals surface area contributed by atoms with Crippen LogP contribution in [0.1, 0.15) is 31.7 Å². The summed E-state index contributed by atoms with van der Waals surface area (Å²) in [5.74, 6) is 1.62. The zero-order valence-electron chi connectivity index (χ0n) is 13.2. The number of hydrogen-bond acceptors (Lipinski definition) is 1. The van der Waals surface area contributed by atoms with Crippen molar-refractivity contribution in [2.45, 2.75) is 31.6 Å². The van der Waals surface area contributed by atoms with Crippen LogP contribution in [0.3, 0.4) is 0 Å². The second kappa shape index (κ2) is 4.22. The van der Waals surface area contributed by atoms with Crippen molar-refractivity contribution in [1.82, 2.24) is 0 Å². The number of allylic oxidation sites excluding steroid dienone is 2. The van der Waals surface area contributed by atoms with Gasteiger partial charge in [0.1, 0.15) is 0 Å². The van der Waals surface area contributed by atoms with E-state index < -0.39 is 11.4 Å². The number of benzene rings is 1. The van der Waals surface area contributed by atoms with Gasteiger partial charge in [-0.25, -0.2) is 0 Å². The number of halogens is 1. The lowest BCUT2D eigenvalue weighted by Crippen LogP contribution is -2.51. The largest absolute Gasteiger partial charge is 0.481 e. The van der Waals surface area contributed by atoms with Gasteiger partial charge in [0.05, 0.1) is 5.41 Å². The van der Waals surface area contributed by atoms with Crippen molar-refractivity contribution in [3.8, 4) is 0 Å². The summed E-state index contributed by atoms with van der Waals surface area (Å²) < 4.78 is 0. The van der Waals surface area contributed by atoms with E-state index >= 15 is 0 Å². The van der Waals surface area contributed by atoms with Crippen LogP contribution in [0.15, 0.2) is 36.4 Å². The van der Waals surface area contributed by atoms with Crippen LogP contribution < -0.4 is 0 Å². The molecule has 0 radical (unpaired) electrons. The Morgan fingerprint density at radius 3 is 2.78 bits per heavy atom. The summed E-state index contributed by atoms with van der Waals surface area (Å²) in [6.45, 7) is 1.98. The summed E-state index contributed by atoms with van der Waals surface area (Å²) in [5, 5.41) is 10.7. The van der Waals surface area contributed by atoms with Crippen LogP contribution in [0, 0.1) is 35.0 Å². The van der Waals surface area contributed by atoms with Gasteiger partial charge in [0, 0.05) is 10.4 Å². The number of carbonyl (C=O) groups is 1. The summed E-state index contributed by atoms with van der Waals surface area (Å²) in [6, 6.07) is 8.28. The molecule has 1 N–H and O–H groups in total. The molecule has 2 nitrogen and oxygen atoms in total. The molecule has 4 aliphatic rings. The molecule has 7 unspecified atom stereocenters. The summed E-state index contributed by atoms with van der Waals surface area (Å²) in [5.41, 5.74) is 0.805. The van der Waals surface area contributed by atoms with Gasteiger partial charge in [0.15, 0.2) is 0 Å². The molecule has 3 heteroatoms. The van der Waals surface area contributed by atoms with Crippen molar-refractivity contribution in [3.05, 3.63) is 47.0 Å². The first-order valence-electron chi connectivity index (χ1n) is 8.66. The highest BCUT2D eigenvalue weighted by Crippen LogP contribution is 2.76. The number of fused-ring (bicyclic) bond motifs is 9. The average molecular weight is 329 g/mol. The van der Waals surface area contributed by atoms with E-state index in [4.69, 9.17) is 11.6 Å². The van der Waals surface area contributed by atoms with Crippen LogP contribution in [0.25, 0.3) is 0 Å². The molecule has 120 valence electrons. The van der Waals surface area contributed by atoms with Gasteiger partial charge in [0.25, 0.3) is 0 Å². The van der Waals surface area contributed by atoms with Gasteiger partial charge in [0.2, 0.25) is 0 Å². The van der Waals surface area contributed by atoms with Crippen LogP contribution in [-0.4, -0.2) is 11.1 Å². The molecular weight excluding hydrogens is 308 g/mol. The third kappa shape index (κ3) is 1.41. The first-order chi connectivity index (χ1) is 11.0. The maximum absolute atomic E-state index is 12.0. The summed E-state index contributed by atoms with van der Waals surface area (Å²) in [4.78, 5) is 12.0. The lowest BCUT2D eigenvalue weighted by atomic mass is 9.53. The molecule has 0 aliphatic heterocycles. The molecule has 4 aliphatic carbocycles. The fourth-order valence-electron chi connectivity index (χ4n) is 7.03. The normalized spacial score (nSPS) is 48.9. The van der Waals surface area contributed by atoms with Crippen molar-refractivity contribution in [2.24, 2.45) is 35.0 Å². The molecular formula is C20H21ClO2. The molecule has 0 saturated heterocycles. The minimum absolute atomic E-state index is 0.0807. The summed E-state index contributed by atoms with van der Waals surface area (Å²) in [6.07, 6.45) is 7.77. The van der Waals surface area contributed by atoms with Crippen molar-refractivity contribution in [2.75, 3.05) is 0 Å². The minimum atomic E-state index is -0.607. The third-order valence-corrected chi connectivity index (χ3v) is 8.04. The van der Waals surface area contributed by atoms with E-state index in [0.717, 1.165) is 17.9 Å². The predicted octanol–water partition coefficient (Wildman–Crippen LogP) is 4.53. The second-order valence-corrected chi connectivity index (χ2v) is 8.70. The number of rotatable bonds is 2. The van der Waals surface area contributed by atoms with Crippen LogP contribution in [-0.2, 0) is 10.2 Å². The zero-order chi connectivity index (χ0) is 16.0. The Bertz CT molecular complexity index is 741. The monoisotopic (exact) mass is 328 g/mol. The molecule has 0 amide bonds. The lowest BCUT2D eigenvalue weighted by Gasteiger charge is -2.50. The molecule has 7 atom stereocenters. The Morgan fingerprint density at radius 2 is 2.04 bits per heavy atom. The van der Waals surface area contributed by atoms with E-state index in [-0.39, 0.29) is 11.3 Å². The van der Waals surface area contributed by atoms with Crippen molar-refractivity contribution < 1.29 is 9.90 Å². The van der Waals surface area contributed by atoms with E-state index in [1.54, 1.807) is 0 Å². The fraction of sp³-hybridized carbons (Fsp3) is 0.550.